The molecule has 4 nitrogen and oxygen atoms in total. The molecule has 0 aromatic rings. The van der Waals surface area contributed by atoms with E-state index in [4.69, 9.17) is 11.0 Å². The van der Waals surface area contributed by atoms with Crippen molar-refractivity contribution in [1.29, 1.82) is 5.26 Å². The summed E-state index contributed by atoms with van der Waals surface area (Å²) < 4.78 is 0. The quantitative estimate of drug-likeness (QED) is 0.617. The summed E-state index contributed by atoms with van der Waals surface area (Å²) in [7, 11) is 0. The number of primary amides is 1. The molecule has 14 heavy (non-hydrogen) atoms. The maximum atomic E-state index is 10.7. The number of carbonyl (C=O) groups excluding carboxylic acids is 1. The molecule has 0 bridgehead atoms. The van der Waals surface area contributed by atoms with Crippen LogP contribution in [-0.4, -0.2) is 18.5 Å². The van der Waals surface area contributed by atoms with E-state index in [0.29, 0.717) is 0 Å². The number of nitrogens with two attached hydrogens (primary N) is 1. The third kappa shape index (κ3) is 5.55. The molecule has 0 saturated heterocycles. The van der Waals surface area contributed by atoms with Crippen molar-refractivity contribution in [3.8, 4) is 6.07 Å². The fraction of sp³-hybridized carbons (Fsp3) is 0.800. The molecule has 0 fully saturated rings. The average molecular weight is 197 g/mol. The number of amides is 1. The van der Waals surface area contributed by atoms with Gasteiger partial charge in [-0.1, -0.05) is 0 Å². The van der Waals surface area contributed by atoms with Crippen molar-refractivity contribution < 1.29 is 4.79 Å². The summed E-state index contributed by atoms with van der Waals surface area (Å²) in [5.74, 6) is -0.343. The second kappa shape index (κ2) is 5.61. The molecular weight excluding hydrogens is 178 g/mol. The van der Waals surface area contributed by atoms with E-state index < -0.39 is 0 Å². The van der Waals surface area contributed by atoms with Gasteiger partial charge < -0.3 is 11.1 Å². The van der Waals surface area contributed by atoms with E-state index in [1.165, 1.54) is 0 Å². The first-order valence-electron chi connectivity index (χ1n) is 4.83. The zero-order valence-electron chi connectivity index (χ0n) is 9.13. The third-order valence-electron chi connectivity index (χ3n) is 2.16. The molecule has 1 unspecified atom stereocenters. The van der Waals surface area contributed by atoms with Crippen molar-refractivity contribution >= 4 is 5.91 Å². The normalized spacial score (nSPS) is 13.3. The van der Waals surface area contributed by atoms with Gasteiger partial charge in [0.2, 0.25) is 5.91 Å². The molecule has 0 spiro atoms. The molecule has 0 saturated carbocycles. The standard InChI is InChI=1S/C10H19N3O/c1-8(9(12)14)13-6-4-5-10(2,3)7-11/h8,13H,4-6H2,1-3H3,(H2,12,14). The van der Waals surface area contributed by atoms with E-state index in [1.807, 2.05) is 13.8 Å². The van der Waals surface area contributed by atoms with Crippen LogP contribution in [0.5, 0.6) is 0 Å². The Morgan fingerprint density at radius 2 is 2.21 bits per heavy atom. The van der Waals surface area contributed by atoms with Crippen LogP contribution < -0.4 is 11.1 Å². The first kappa shape index (κ1) is 12.9. The van der Waals surface area contributed by atoms with Crippen LogP contribution in [0.1, 0.15) is 33.6 Å². The zero-order valence-corrected chi connectivity index (χ0v) is 9.13. The lowest BCUT2D eigenvalue weighted by molar-refractivity contribution is -0.119. The molecule has 4 heteroatoms. The van der Waals surface area contributed by atoms with Crippen molar-refractivity contribution in [3.05, 3.63) is 0 Å². The summed E-state index contributed by atoms with van der Waals surface area (Å²) in [6.07, 6.45) is 1.69. The van der Waals surface area contributed by atoms with Crippen LogP contribution in [0.25, 0.3) is 0 Å². The van der Waals surface area contributed by atoms with Crippen LogP contribution in [0.15, 0.2) is 0 Å². The highest BCUT2D eigenvalue weighted by Gasteiger charge is 2.15. The maximum absolute atomic E-state index is 10.7. The topological polar surface area (TPSA) is 78.9 Å². The molecule has 0 aliphatic carbocycles. The lowest BCUT2D eigenvalue weighted by Crippen LogP contribution is -2.39. The number of nitrogens with one attached hydrogen (secondary N) is 1. The van der Waals surface area contributed by atoms with Crippen molar-refractivity contribution in [2.75, 3.05) is 6.54 Å². The molecule has 0 radical (unpaired) electrons. The van der Waals surface area contributed by atoms with Gasteiger partial charge in [-0.15, -0.1) is 0 Å². The summed E-state index contributed by atoms with van der Waals surface area (Å²) >= 11 is 0. The van der Waals surface area contributed by atoms with Gasteiger partial charge in [0, 0.05) is 0 Å². The number of hydrogen-bond donors (Lipinski definition) is 2. The van der Waals surface area contributed by atoms with E-state index in [9.17, 15) is 4.79 Å². The van der Waals surface area contributed by atoms with Crippen LogP contribution in [0.4, 0.5) is 0 Å². The summed E-state index contributed by atoms with van der Waals surface area (Å²) in [5.41, 5.74) is 4.80. The van der Waals surface area contributed by atoms with Gasteiger partial charge in [0.05, 0.1) is 17.5 Å². The van der Waals surface area contributed by atoms with Crippen molar-refractivity contribution in [3.63, 3.8) is 0 Å². The van der Waals surface area contributed by atoms with Crippen LogP contribution in [0.3, 0.4) is 0 Å². The van der Waals surface area contributed by atoms with Gasteiger partial charge in [-0.3, -0.25) is 4.79 Å². The SMILES string of the molecule is CC(NCCCC(C)(C)C#N)C(N)=O. The highest BCUT2D eigenvalue weighted by atomic mass is 16.1. The predicted molar refractivity (Wildman–Crippen MR) is 55.3 cm³/mol. The van der Waals surface area contributed by atoms with Gasteiger partial charge in [0.1, 0.15) is 0 Å². The number of carbonyl (C=O) groups is 1. The van der Waals surface area contributed by atoms with Crippen LogP contribution in [-0.2, 0) is 4.79 Å². The third-order valence-corrected chi connectivity index (χ3v) is 2.16. The molecular formula is C10H19N3O. The fourth-order valence-electron chi connectivity index (χ4n) is 1.01. The Labute approximate surface area is 85.5 Å². The largest absolute Gasteiger partial charge is 0.368 e. The van der Waals surface area contributed by atoms with Crippen molar-refractivity contribution in [2.45, 2.75) is 39.7 Å². The van der Waals surface area contributed by atoms with E-state index in [1.54, 1.807) is 6.92 Å². The van der Waals surface area contributed by atoms with Crippen LogP contribution in [0, 0.1) is 16.7 Å². The predicted octanol–water partition coefficient (Wildman–Crippen LogP) is 0.780. The molecule has 0 aromatic carbocycles. The van der Waals surface area contributed by atoms with Gasteiger partial charge in [-0.05, 0) is 40.2 Å². The van der Waals surface area contributed by atoms with Gasteiger partial charge in [-0.2, -0.15) is 5.26 Å². The molecule has 3 N–H and O–H groups in total. The fourth-order valence-corrected chi connectivity index (χ4v) is 1.01. The van der Waals surface area contributed by atoms with E-state index in [0.717, 1.165) is 19.4 Å². The Kier molecular flexibility index (Phi) is 5.18. The van der Waals surface area contributed by atoms with Gasteiger partial charge >= 0.3 is 0 Å². The number of nitriles is 1. The van der Waals surface area contributed by atoms with Crippen LogP contribution >= 0.6 is 0 Å². The van der Waals surface area contributed by atoms with Crippen LogP contribution in [0.2, 0.25) is 0 Å². The molecule has 0 heterocycles. The van der Waals surface area contributed by atoms with Gasteiger partial charge in [0.15, 0.2) is 0 Å². The monoisotopic (exact) mass is 197 g/mol. The Bertz CT molecular complexity index is 230. The molecule has 1 atom stereocenters. The summed E-state index contributed by atoms with van der Waals surface area (Å²) in [5, 5.41) is 11.7. The Morgan fingerprint density at radius 1 is 1.64 bits per heavy atom. The Balaban J connectivity index is 3.58. The molecule has 0 rings (SSSR count). The molecule has 0 aromatic heterocycles. The Morgan fingerprint density at radius 3 is 2.64 bits per heavy atom. The minimum atomic E-state index is -0.343. The van der Waals surface area contributed by atoms with Crippen molar-refractivity contribution in [2.24, 2.45) is 11.1 Å². The number of rotatable bonds is 6. The molecule has 80 valence electrons. The lowest BCUT2D eigenvalue weighted by atomic mass is 9.90. The minimum absolute atomic E-state index is 0.280. The second-order valence-electron chi connectivity index (χ2n) is 4.18. The first-order chi connectivity index (χ1) is 6.39. The molecule has 0 aliphatic rings. The number of hydrogen-bond acceptors (Lipinski definition) is 3. The highest BCUT2D eigenvalue weighted by Crippen LogP contribution is 2.19. The summed E-state index contributed by atoms with van der Waals surface area (Å²) in [4.78, 5) is 10.7. The molecule has 1 amide bonds. The van der Waals surface area contributed by atoms with E-state index >= 15 is 0 Å². The highest BCUT2D eigenvalue weighted by molar-refractivity contribution is 5.79. The van der Waals surface area contributed by atoms with Gasteiger partial charge in [0.25, 0.3) is 0 Å². The van der Waals surface area contributed by atoms with E-state index in [-0.39, 0.29) is 17.4 Å². The molecule has 0 aliphatic heterocycles. The Hall–Kier alpha value is -1.08. The number of nitrogens with zero attached hydrogens (tertiary/aromatic N) is 1. The zero-order chi connectivity index (χ0) is 11.2. The van der Waals surface area contributed by atoms with Gasteiger partial charge in [-0.25, -0.2) is 0 Å². The lowest BCUT2D eigenvalue weighted by Gasteiger charge is -2.15. The summed E-state index contributed by atoms with van der Waals surface area (Å²) in [6, 6.07) is 1.94. The van der Waals surface area contributed by atoms with Crippen molar-refractivity contribution in [1.82, 2.24) is 5.32 Å². The summed E-state index contributed by atoms with van der Waals surface area (Å²) in [6.45, 7) is 6.27. The second-order valence-corrected chi connectivity index (χ2v) is 4.18. The smallest absolute Gasteiger partial charge is 0.234 e. The maximum Gasteiger partial charge on any atom is 0.234 e. The van der Waals surface area contributed by atoms with E-state index in [2.05, 4.69) is 11.4 Å². The minimum Gasteiger partial charge on any atom is -0.368 e. The average Bonchev–Trinajstić information content (AvgIpc) is 2.12. The first-order valence-corrected chi connectivity index (χ1v) is 4.83.